The number of nitrogens with zero attached hydrogens (tertiary/aromatic N) is 1. The third kappa shape index (κ3) is 7.50. The van der Waals surface area contributed by atoms with Crippen LogP contribution in [0.25, 0.3) is 0 Å². The van der Waals surface area contributed by atoms with Crippen LogP contribution in [-0.2, 0) is 28.3 Å². The van der Waals surface area contributed by atoms with Crippen molar-refractivity contribution in [3.63, 3.8) is 0 Å². The highest BCUT2D eigenvalue weighted by atomic mass is 32.2. The minimum Gasteiger partial charge on any atom is -0.357 e. The van der Waals surface area contributed by atoms with E-state index in [0.717, 1.165) is 22.4 Å². The Bertz CT molecular complexity index is 1070. The molecule has 0 aliphatic heterocycles. The van der Waals surface area contributed by atoms with Crippen LogP contribution in [0, 0.1) is 13.8 Å². The molecule has 0 aliphatic carbocycles. The lowest BCUT2D eigenvalue weighted by Gasteiger charge is -2.31. The van der Waals surface area contributed by atoms with Crippen LogP contribution >= 0.6 is 11.8 Å². The molecule has 5 heteroatoms. The van der Waals surface area contributed by atoms with E-state index >= 15 is 0 Å². The molecule has 0 bridgehead atoms. The fourth-order valence-electron chi connectivity index (χ4n) is 3.87. The lowest BCUT2D eigenvalue weighted by Crippen LogP contribution is -2.50. The average Bonchev–Trinajstić information content (AvgIpc) is 2.81. The predicted molar refractivity (Wildman–Crippen MR) is 137 cm³/mol. The second-order valence-corrected chi connectivity index (χ2v) is 9.30. The minimum absolute atomic E-state index is 0.0290. The summed E-state index contributed by atoms with van der Waals surface area (Å²) in [6.07, 6.45) is 0.473. The minimum atomic E-state index is -0.579. The van der Waals surface area contributed by atoms with Crippen molar-refractivity contribution in [3.05, 3.63) is 107 Å². The van der Waals surface area contributed by atoms with Crippen LogP contribution in [0.4, 0.5) is 0 Å². The van der Waals surface area contributed by atoms with Crippen LogP contribution in [0.15, 0.2) is 78.9 Å². The molecule has 0 heterocycles. The van der Waals surface area contributed by atoms with Crippen LogP contribution in [0.1, 0.15) is 27.8 Å². The third-order valence-electron chi connectivity index (χ3n) is 5.53. The first kappa shape index (κ1) is 24.6. The molecule has 0 saturated carbocycles. The average molecular weight is 461 g/mol. The van der Waals surface area contributed by atoms with E-state index < -0.39 is 6.04 Å². The first-order chi connectivity index (χ1) is 16.0. The lowest BCUT2D eigenvalue weighted by atomic mass is 10.0. The van der Waals surface area contributed by atoms with Gasteiger partial charge in [0, 0.05) is 25.8 Å². The largest absolute Gasteiger partial charge is 0.357 e. The maximum absolute atomic E-state index is 13.5. The van der Waals surface area contributed by atoms with Gasteiger partial charge in [-0.2, -0.15) is 0 Å². The van der Waals surface area contributed by atoms with Gasteiger partial charge < -0.3 is 10.2 Å². The zero-order valence-corrected chi connectivity index (χ0v) is 20.4. The second kappa shape index (κ2) is 12.3. The summed E-state index contributed by atoms with van der Waals surface area (Å²) in [5.41, 5.74) is 5.59. The van der Waals surface area contributed by atoms with Crippen molar-refractivity contribution in [2.24, 2.45) is 0 Å². The van der Waals surface area contributed by atoms with Crippen LogP contribution in [0.3, 0.4) is 0 Å². The number of benzene rings is 3. The molecule has 0 aliphatic rings. The Kier molecular flexibility index (Phi) is 9.14. The first-order valence-electron chi connectivity index (χ1n) is 11.2. The molecular weight excluding hydrogens is 428 g/mol. The van der Waals surface area contributed by atoms with Crippen molar-refractivity contribution in [3.8, 4) is 0 Å². The van der Waals surface area contributed by atoms with Crippen LogP contribution in [0.2, 0.25) is 0 Å². The van der Waals surface area contributed by atoms with Gasteiger partial charge in [-0.25, -0.2) is 0 Å². The second-order valence-electron chi connectivity index (χ2n) is 8.31. The number of carbonyl (C=O) groups is 2. The number of likely N-dealkylation sites (N-methyl/N-ethyl adjacent to an activating group) is 1. The van der Waals surface area contributed by atoms with Crippen LogP contribution < -0.4 is 5.32 Å². The molecule has 0 aromatic heterocycles. The molecule has 0 fully saturated rings. The highest BCUT2D eigenvalue weighted by Gasteiger charge is 2.29. The molecule has 1 atom stereocenters. The van der Waals surface area contributed by atoms with Crippen molar-refractivity contribution in [1.29, 1.82) is 0 Å². The summed E-state index contributed by atoms with van der Waals surface area (Å²) in [6, 6.07) is 25.7. The maximum atomic E-state index is 13.5. The normalized spacial score (nSPS) is 11.6. The molecule has 0 saturated heterocycles. The molecular formula is C28H32N2O2S. The Balaban J connectivity index is 1.81. The van der Waals surface area contributed by atoms with Crippen LogP contribution in [-0.4, -0.2) is 35.6 Å². The van der Waals surface area contributed by atoms with Crippen molar-refractivity contribution in [1.82, 2.24) is 10.2 Å². The van der Waals surface area contributed by atoms with E-state index in [-0.39, 0.29) is 11.8 Å². The summed E-state index contributed by atoms with van der Waals surface area (Å²) in [5, 5.41) is 2.77. The van der Waals surface area contributed by atoms with Crippen molar-refractivity contribution in [2.45, 2.75) is 38.6 Å². The molecule has 3 rings (SSSR count). The van der Waals surface area contributed by atoms with Gasteiger partial charge in [-0.15, -0.1) is 11.8 Å². The molecule has 3 aromatic carbocycles. The van der Waals surface area contributed by atoms with E-state index in [0.29, 0.717) is 18.7 Å². The fourth-order valence-corrected chi connectivity index (χ4v) is 4.73. The van der Waals surface area contributed by atoms with Gasteiger partial charge in [0.2, 0.25) is 11.8 Å². The number of nitrogens with one attached hydrogen (secondary N) is 1. The molecule has 33 heavy (non-hydrogen) atoms. The Labute approximate surface area is 201 Å². The smallest absolute Gasteiger partial charge is 0.242 e. The van der Waals surface area contributed by atoms with Gasteiger partial charge in [0.1, 0.15) is 6.04 Å². The van der Waals surface area contributed by atoms with Gasteiger partial charge >= 0.3 is 0 Å². The number of amides is 2. The number of thioether (sulfide) groups is 1. The van der Waals surface area contributed by atoms with Gasteiger partial charge in [-0.1, -0.05) is 90.0 Å². The van der Waals surface area contributed by atoms with E-state index in [9.17, 15) is 9.59 Å². The molecule has 0 spiro atoms. The fraction of sp³-hybridized carbons (Fsp3) is 0.286. The van der Waals surface area contributed by atoms with Crippen molar-refractivity contribution < 1.29 is 9.59 Å². The Morgan fingerprint density at radius 1 is 0.848 bits per heavy atom. The van der Waals surface area contributed by atoms with E-state index in [4.69, 9.17) is 0 Å². The molecule has 172 valence electrons. The van der Waals surface area contributed by atoms with Crippen molar-refractivity contribution in [2.75, 3.05) is 12.8 Å². The summed E-state index contributed by atoms with van der Waals surface area (Å²) < 4.78 is 0. The maximum Gasteiger partial charge on any atom is 0.242 e. The zero-order chi connectivity index (χ0) is 23.6. The Morgan fingerprint density at radius 3 is 2.09 bits per heavy atom. The highest BCUT2D eigenvalue weighted by Crippen LogP contribution is 2.19. The summed E-state index contributed by atoms with van der Waals surface area (Å²) in [5.74, 6) is 0.902. The standard InChI is InChI=1S/C28H32N2O2S/c1-21-9-7-13-24(15-21)18-30(26(28(32)29-3)17-23-11-5-4-6-12-23)27(31)20-33-19-25-14-8-10-22(2)16-25/h4-16,26H,17-20H2,1-3H3,(H,29,32)/t26-/m1/s1. The number of rotatable bonds is 10. The van der Waals surface area contributed by atoms with Gasteiger partial charge in [0.25, 0.3) is 0 Å². The predicted octanol–water partition coefficient (Wildman–Crippen LogP) is 4.92. The van der Waals surface area contributed by atoms with E-state index in [1.165, 1.54) is 11.1 Å². The molecule has 1 N–H and O–H groups in total. The van der Waals surface area contributed by atoms with Gasteiger partial charge in [-0.3, -0.25) is 9.59 Å². The van der Waals surface area contributed by atoms with Gasteiger partial charge in [-0.05, 0) is 30.5 Å². The molecule has 2 amide bonds. The monoisotopic (exact) mass is 460 g/mol. The van der Waals surface area contributed by atoms with Crippen LogP contribution in [0.5, 0.6) is 0 Å². The summed E-state index contributed by atoms with van der Waals surface area (Å²) in [4.78, 5) is 28.1. The first-order valence-corrected chi connectivity index (χ1v) is 12.4. The van der Waals surface area contributed by atoms with Crippen molar-refractivity contribution >= 4 is 23.6 Å². The van der Waals surface area contributed by atoms with Gasteiger partial charge in [0.05, 0.1) is 5.75 Å². The Hall–Kier alpha value is -3.05. The summed E-state index contributed by atoms with van der Waals surface area (Å²) in [7, 11) is 1.63. The number of aryl methyl sites for hydroxylation is 2. The molecule has 0 radical (unpaired) electrons. The molecule has 3 aromatic rings. The third-order valence-corrected chi connectivity index (χ3v) is 6.52. The number of carbonyl (C=O) groups excluding carboxylic acids is 2. The lowest BCUT2D eigenvalue weighted by molar-refractivity contribution is -0.139. The SMILES string of the molecule is CNC(=O)[C@@H](Cc1ccccc1)N(Cc1cccc(C)c1)C(=O)CSCc1cccc(C)c1. The number of hydrogen-bond acceptors (Lipinski definition) is 3. The van der Waals surface area contributed by atoms with E-state index in [1.807, 2.05) is 61.5 Å². The van der Waals surface area contributed by atoms with E-state index in [2.05, 4.69) is 36.5 Å². The number of hydrogen-bond donors (Lipinski definition) is 1. The highest BCUT2D eigenvalue weighted by molar-refractivity contribution is 7.99. The topological polar surface area (TPSA) is 49.4 Å². The molecule has 0 unspecified atom stereocenters. The zero-order valence-electron chi connectivity index (χ0n) is 19.6. The quantitative estimate of drug-likeness (QED) is 0.467. The van der Waals surface area contributed by atoms with E-state index in [1.54, 1.807) is 23.7 Å². The Morgan fingerprint density at radius 2 is 1.45 bits per heavy atom. The molecule has 4 nitrogen and oxygen atoms in total. The van der Waals surface area contributed by atoms with Gasteiger partial charge in [0.15, 0.2) is 0 Å². The summed E-state index contributed by atoms with van der Waals surface area (Å²) in [6.45, 7) is 4.50. The summed E-state index contributed by atoms with van der Waals surface area (Å²) >= 11 is 1.59.